The van der Waals surface area contributed by atoms with Gasteiger partial charge in [-0.1, -0.05) is 26.0 Å². The molecule has 0 amide bonds. The first kappa shape index (κ1) is 38.8. The summed E-state index contributed by atoms with van der Waals surface area (Å²) in [5.74, 6) is 2.37. The second kappa shape index (κ2) is 17.9. The molecule has 6 rings (SSSR count). The van der Waals surface area contributed by atoms with Crippen LogP contribution in [0.4, 0.5) is 22.7 Å². The molecular formula is C44H65N7O2. The molecule has 0 atom stereocenters. The van der Waals surface area contributed by atoms with Gasteiger partial charge < -0.3 is 39.7 Å². The number of nitrogens with zero attached hydrogens (tertiary/aromatic N) is 5. The molecule has 5 heterocycles. The van der Waals surface area contributed by atoms with E-state index in [2.05, 4.69) is 127 Å². The molecule has 2 aromatic rings. The molecule has 1 aromatic carbocycles. The Kier molecular flexibility index (Phi) is 13.1. The summed E-state index contributed by atoms with van der Waals surface area (Å²) in [7, 11) is 0. The van der Waals surface area contributed by atoms with Gasteiger partial charge in [0.2, 0.25) is 5.88 Å². The molecule has 1 aromatic heterocycles. The van der Waals surface area contributed by atoms with Gasteiger partial charge in [0.05, 0.1) is 18.4 Å². The van der Waals surface area contributed by atoms with Crippen molar-refractivity contribution < 1.29 is 9.47 Å². The fourth-order valence-corrected chi connectivity index (χ4v) is 8.15. The van der Waals surface area contributed by atoms with Crippen molar-refractivity contribution in [2.75, 3.05) is 92.1 Å². The maximum Gasteiger partial charge on any atom is 0.238 e. The third-order valence-electron chi connectivity index (χ3n) is 10.9. The van der Waals surface area contributed by atoms with Gasteiger partial charge in [-0.15, -0.1) is 0 Å². The van der Waals surface area contributed by atoms with E-state index in [1.165, 1.54) is 54.9 Å². The van der Waals surface area contributed by atoms with Gasteiger partial charge >= 0.3 is 0 Å². The fourth-order valence-electron chi connectivity index (χ4n) is 8.15. The Labute approximate surface area is 319 Å². The van der Waals surface area contributed by atoms with Gasteiger partial charge in [-0.3, -0.25) is 0 Å². The zero-order valence-electron chi connectivity index (χ0n) is 33.6. The number of rotatable bonds is 11. The molecule has 0 radical (unpaired) electrons. The number of pyridine rings is 1. The first-order valence-corrected chi connectivity index (χ1v) is 20.3. The highest BCUT2D eigenvalue weighted by molar-refractivity contribution is 5.74. The van der Waals surface area contributed by atoms with Crippen LogP contribution in [0.2, 0.25) is 0 Å². The van der Waals surface area contributed by atoms with Crippen molar-refractivity contribution in [1.82, 2.24) is 15.2 Å². The van der Waals surface area contributed by atoms with Crippen LogP contribution >= 0.6 is 0 Å². The number of fused-ring (bicyclic) bond motifs is 1. The number of hydrogen-bond donors (Lipinski definition) is 2. The van der Waals surface area contributed by atoms with E-state index in [1.54, 1.807) is 0 Å². The zero-order chi connectivity index (χ0) is 37.4. The molecule has 288 valence electrons. The number of nitrogens with one attached hydrogen (secondary N) is 2. The summed E-state index contributed by atoms with van der Waals surface area (Å²) >= 11 is 0. The van der Waals surface area contributed by atoms with E-state index in [4.69, 9.17) is 14.5 Å². The summed E-state index contributed by atoms with van der Waals surface area (Å²) in [6, 6.07) is 9.08. The number of ether oxygens (including phenoxy) is 2. The first-order valence-electron chi connectivity index (χ1n) is 20.3. The molecule has 0 unspecified atom stereocenters. The second-order valence-corrected chi connectivity index (χ2v) is 16.0. The Bertz CT molecular complexity index is 1640. The van der Waals surface area contributed by atoms with E-state index in [-0.39, 0.29) is 5.60 Å². The van der Waals surface area contributed by atoms with Crippen LogP contribution < -0.4 is 30.1 Å². The molecule has 0 saturated carbocycles. The number of anilines is 4. The second-order valence-electron chi connectivity index (χ2n) is 16.0. The predicted molar refractivity (Wildman–Crippen MR) is 222 cm³/mol. The molecule has 9 nitrogen and oxygen atoms in total. The Morgan fingerprint density at radius 1 is 0.962 bits per heavy atom. The summed E-state index contributed by atoms with van der Waals surface area (Å²) in [6.45, 7) is 26.3. The van der Waals surface area contributed by atoms with Gasteiger partial charge in [0.25, 0.3) is 0 Å². The monoisotopic (exact) mass is 724 g/mol. The molecule has 9 heteroatoms. The minimum Gasteiger partial charge on any atom is -0.474 e. The minimum absolute atomic E-state index is 0.310. The van der Waals surface area contributed by atoms with Crippen LogP contribution in [0.15, 0.2) is 77.5 Å². The molecule has 53 heavy (non-hydrogen) atoms. The normalized spacial score (nSPS) is 21.2. The van der Waals surface area contributed by atoms with Crippen molar-refractivity contribution in [2.45, 2.75) is 86.2 Å². The Morgan fingerprint density at radius 2 is 1.70 bits per heavy atom. The number of piperidine rings is 2. The lowest BCUT2D eigenvalue weighted by atomic mass is 9.95. The quantitative estimate of drug-likeness (QED) is 0.223. The summed E-state index contributed by atoms with van der Waals surface area (Å²) in [5, 5.41) is 7.25. The largest absolute Gasteiger partial charge is 0.474 e. The van der Waals surface area contributed by atoms with E-state index in [0.29, 0.717) is 12.5 Å². The lowest BCUT2D eigenvalue weighted by molar-refractivity contribution is 0.0456. The summed E-state index contributed by atoms with van der Waals surface area (Å²) in [4.78, 5) is 14.8. The molecule has 0 bridgehead atoms. The summed E-state index contributed by atoms with van der Waals surface area (Å²) in [6.07, 6.45) is 16.5. The van der Waals surface area contributed by atoms with Crippen molar-refractivity contribution in [3.8, 4) is 5.88 Å². The standard InChI is InChI=1S/C44H65N7O2/c1-8-11-38(47-37-13-15-39(16-14-37)49-22-17-34(18-23-49)31-48-25-20-45-21-26-48)29-36-32-50(24-19-35(36)10-3)40-30-46-43-42(33(40)4)51(27-28-52-43)41(12-9-2)53-44(5,6)7/h10-16,29-30,34,45,47H,8-9,17-28,31-32H2,1-7H3/b35-10-,36-29-,38-11-,41-12+. The van der Waals surface area contributed by atoms with Gasteiger partial charge in [-0.2, -0.15) is 0 Å². The van der Waals surface area contributed by atoms with Crippen LogP contribution in [-0.2, 0) is 4.74 Å². The van der Waals surface area contributed by atoms with Gasteiger partial charge in [0.1, 0.15) is 17.9 Å². The van der Waals surface area contributed by atoms with E-state index in [9.17, 15) is 0 Å². The maximum absolute atomic E-state index is 6.50. The third-order valence-corrected chi connectivity index (χ3v) is 10.9. The highest BCUT2D eigenvalue weighted by Gasteiger charge is 2.31. The van der Waals surface area contributed by atoms with Gasteiger partial charge in [0.15, 0.2) is 5.88 Å². The highest BCUT2D eigenvalue weighted by atomic mass is 16.5. The number of aromatic nitrogens is 1. The van der Waals surface area contributed by atoms with Crippen molar-refractivity contribution in [1.29, 1.82) is 0 Å². The van der Waals surface area contributed by atoms with Gasteiger partial charge in [0, 0.05) is 81.5 Å². The van der Waals surface area contributed by atoms with Gasteiger partial charge in [-0.25, -0.2) is 4.98 Å². The SMILES string of the molecule is C/C=C1/CCN(c2cnc3c(c2C)N(/C(=C\CC)OC(C)(C)C)CCO3)C/C1=C/C(=C/CC)Nc1ccc(N2CCC(CN3CCNCC3)CC2)cc1. The van der Waals surface area contributed by atoms with E-state index >= 15 is 0 Å². The van der Waals surface area contributed by atoms with Crippen LogP contribution in [-0.4, -0.2) is 87.5 Å². The maximum atomic E-state index is 6.50. The van der Waals surface area contributed by atoms with Crippen LogP contribution in [0, 0.1) is 12.8 Å². The van der Waals surface area contributed by atoms with Crippen molar-refractivity contribution in [2.24, 2.45) is 5.92 Å². The fraction of sp³-hybridized carbons (Fsp3) is 0.568. The number of benzene rings is 1. The predicted octanol–water partition coefficient (Wildman–Crippen LogP) is 8.27. The molecule has 3 fully saturated rings. The zero-order valence-corrected chi connectivity index (χ0v) is 33.6. The van der Waals surface area contributed by atoms with E-state index in [1.807, 2.05) is 6.20 Å². The number of hydrogen-bond acceptors (Lipinski definition) is 9. The molecular weight excluding hydrogens is 659 g/mol. The highest BCUT2D eigenvalue weighted by Crippen LogP contribution is 2.42. The van der Waals surface area contributed by atoms with Crippen LogP contribution in [0.1, 0.15) is 79.2 Å². The Morgan fingerprint density at radius 3 is 2.38 bits per heavy atom. The molecule has 4 aliphatic heterocycles. The first-order chi connectivity index (χ1) is 25.6. The number of piperazine rings is 1. The lowest BCUT2D eigenvalue weighted by Crippen LogP contribution is -2.46. The number of allylic oxidation sites excluding steroid dienone is 4. The molecule has 0 aliphatic carbocycles. The van der Waals surface area contributed by atoms with Crippen molar-refractivity contribution in [3.05, 3.63) is 83.1 Å². The van der Waals surface area contributed by atoms with E-state index < -0.39 is 0 Å². The summed E-state index contributed by atoms with van der Waals surface area (Å²) < 4.78 is 12.6. The van der Waals surface area contributed by atoms with Crippen LogP contribution in [0.3, 0.4) is 0 Å². The van der Waals surface area contributed by atoms with Gasteiger partial charge in [-0.05, 0) is 120 Å². The van der Waals surface area contributed by atoms with Crippen LogP contribution in [0.25, 0.3) is 0 Å². The lowest BCUT2D eigenvalue weighted by Gasteiger charge is -2.38. The van der Waals surface area contributed by atoms with E-state index in [0.717, 1.165) is 99.6 Å². The Hall–Kier alpha value is -3.95. The third kappa shape index (κ3) is 9.98. The minimum atomic E-state index is -0.310. The molecule has 0 spiro atoms. The average Bonchev–Trinajstić information content (AvgIpc) is 3.15. The smallest absolute Gasteiger partial charge is 0.238 e. The molecule has 4 aliphatic rings. The molecule has 3 saturated heterocycles. The average molecular weight is 724 g/mol. The van der Waals surface area contributed by atoms with Crippen molar-refractivity contribution >= 4 is 22.7 Å². The topological polar surface area (TPSA) is 68.4 Å². The Balaban J connectivity index is 1.15. The van der Waals surface area contributed by atoms with Crippen molar-refractivity contribution in [3.63, 3.8) is 0 Å². The molecule has 2 N–H and O–H groups in total. The van der Waals surface area contributed by atoms with Crippen LogP contribution in [0.5, 0.6) is 5.88 Å². The summed E-state index contributed by atoms with van der Waals surface area (Å²) in [5.41, 5.74) is 9.34.